The zero-order valence-electron chi connectivity index (χ0n) is 17.4. The summed E-state index contributed by atoms with van der Waals surface area (Å²) in [5, 5.41) is 0. The molecule has 1 unspecified atom stereocenters. The molecule has 1 saturated carbocycles. The number of piperidine rings is 1. The number of para-hydroxylation sites is 1. The molecule has 158 valence electrons. The van der Waals surface area contributed by atoms with E-state index in [0.717, 1.165) is 38.3 Å². The van der Waals surface area contributed by atoms with Gasteiger partial charge in [0.25, 0.3) is 0 Å². The van der Waals surface area contributed by atoms with Crippen molar-refractivity contribution >= 4 is 6.41 Å². The van der Waals surface area contributed by atoms with Gasteiger partial charge in [0.2, 0.25) is 6.41 Å². The number of hydrogen-bond acceptors (Lipinski definition) is 5. The second-order valence-corrected chi connectivity index (χ2v) is 9.21. The molecule has 2 saturated heterocycles. The van der Waals surface area contributed by atoms with Crippen molar-refractivity contribution in [2.45, 2.75) is 50.7 Å². The molecule has 2 aromatic rings. The minimum atomic E-state index is 0.401. The fourth-order valence-electron chi connectivity index (χ4n) is 5.74. The number of benzene rings is 1. The van der Waals surface area contributed by atoms with Crippen LogP contribution in [0.25, 0.3) is 0 Å². The third kappa shape index (κ3) is 3.93. The molecule has 6 heteroatoms. The van der Waals surface area contributed by atoms with Gasteiger partial charge in [-0.3, -0.25) is 4.79 Å². The lowest BCUT2D eigenvalue weighted by Gasteiger charge is -2.47. The average molecular weight is 407 g/mol. The largest absolute Gasteiger partial charge is 0.485 e. The summed E-state index contributed by atoms with van der Waals surface area (Å²) in [4.78, 5) is 24.1. The van der Waals surface area contributed by atoms with Crippen LogP contribution in [0.2, 0.25) is 0 Å². The standard InChI is InChI=1S/C24H30N4O2/c29-18-27-16-24(17-27)9-6-20(14-24)28-12-7-19(8-13-28)21-4-1-2-5-22(21)30-15-23-25-10-3-11-26-23/h1-5,10-11,18-20H,6-9,12-17H2. The Morgan fingerprint density at radius 1 is 1.07 bits per heavy atom. The maximum Gasteiger partial charge on any atom is 0.209 e. The molecule has 5 rings (SSSR count). The minimum absolute atomic E-state index is 0.401. The van der Waals surface area contributed by atoms with Crippen LogP contribution in [-0.4, -0.2) is 58.4 Å². The molecule has 1 amide bonds. The number of carbonyl (C=O) groups is 1. The summed E-state index contributed by atoms with van der Waals surface area (Å²) < 4.78 is 6.10. The molecule has 1 aromatic heterocycles. The average Bonchev–Trinajstić information content (AvgIpc) is 3.23. The molecule has 3 fully saturated rings. The first-order valence-electron chi connectivity index (χ1n) is 11.2. The van der Waals surface area contributed by atoms with Gasteiger partial charge in [0, 0.05) is 36.9 Å². The summed E-state index contributed by atoms with van der Waals surface area (Å²) in [6, 6.07) is 11.0. The second-order valence-electron chi connectivity index (χ2n) is 9.21. The third-order valence-corrected chi connectivity index (χ3v) is 7.28. The van der Waals surface area contributed by atoms with Crippen LogP contribution in [0.3, 0.4) is 0 Å². The van der Waals surface area contributed by atoms with Crippen LogP contribution < -0.4 is 4.74 Å². The Morgan fingerprint density at radius 2 is 1.83 bits per heavy atom. The Morgan fingerprint density at radius 3 is 2.60 bits per heavy atom. The highest BCUT2D eigenvalue weighted by atomic mass is 16.5. The van der Waals surface area contributed by atoms with Crippen molar-refractivity contribution in [2.24, 2.45) is 5.41 Å². The molecule has 1 spiro atoms. The van der Waals surface area contributed by atoms with Crippen LogP contribution in [0, 0.1) is 5.41 Å². The van der Waals surface area contributed by atoms with Crippen LogP contribution in [0.15, 0.2) is 42.7 Å². The summed E-state index contributed by atoms with van der Waals surface area (Å²) in [7, 11) is 0. The van der Waals surface area contributed by atoms with E-state index in [1.807, 2.05) is 17.0 Å². The quantitative estimate of drug-likeness (QED) is 0.690. The van der Waals surface area contributed by atoms with Crippen LogP contribution in [-0.2, 0) is 11.4 Å². The summed E-state index contributed by atoms with van der Waals surface area (Å²) >= 11 is 0. The number of aromatic nitrogens is 2. The predicted molar refractivity (Wildman–Crippen MR) is 114 cm³/mol. The van der Waals surface area contributed by atoms with Crippen molar-refractivity contribution in [3.05, 3.63) is 54.1 Å². The summed E-state index contributed by atoms with van der Waals surface area (Å²) in [5.41, 5.74) is 1.74. The van der Waals surface area contributed by atoms with Gasteiger partial charge in [0.05, 0.1) is 0 Å². The molecule has 0 bridgehead atoms. The highest BCUT2D eigenvalue weighted by Gasteiger charge is 2.49. The van der Waals surface area contributed by atoms with Gasteiger partial charge < -0.3 is 14.5 Å². The van der Waals surface area contributed by atoms with E-state index in [0.29, 0.717) is 29.8 Å². The van der Waals surface area contributed by atoms with Crippen molar-refractivity contribution in [1.82, 2.24) is 19.8 Å². The molecule has 30 heavy (non-hydrogen) atoms. The molecular weight excluding hydrogens is 376 g/mol. The van der Waals surface area contributed by atoms with Gasteiger partial charge in [0.15, 0.2) is 5.82 Å². The highest BCUT2D eigenvalue weighted by molar-refractivity contribution is 5.49. The molecule has 1 aliphatic carbocycles. The van der Waals surface area contributed by atoms with E-state index in [4.69, 9.17) is 4.74 Å². The van der Waals surface area contributed by atoms with E-state index in [1.165, 1.54) is 37.7 Å². The Hall–Kier alpha value is -2.47. The van der Waals surface area contributed by atoms with Crippen molar-refractivity contribution in [1.29, 1.82) is 0 Å². The van der Waals surface area contributed by atoms with Crippen LogP contribution >= 0.6 is 0 Å². The lowest BCUT2D eigenvalue weighted by atomic mass is 9.78. The number of carbonyl (C=O) groups excluding carboxylic acids is 1. The van der Waals surface area contributed by atoms with Crippen molar-refractivity contribution in [3.63, 3.8) is 0 Å². The number of hydrogen-bond donors (Lipinski definition) is 0. The first kappa shape index (κ1) is 19.5. The topological polar surface area (TPSA) is 58.6 Å². The lowest BCUT2D eigenvalue weighted by molar-refractivity contribution is -0.129. The van der Waals surface area contributed by atoms with E-state index < -0.39 is 0 Å². The van der Waals surface area contributed by atoms with Gasteiger partial charge in [-0.15, -0.1) is 0 Å². The summed E-state index contributed by atoms with van der Waals surface area (Å²) in [6.45, 7) is 4.65. The summed E-state index contributed by atoms with van der Waals surface area (Å²) in [6.07, 6.45) is 10.7. The first-order valence-corrected chi connectivity index (χ1v) is 11.2. The number of rotatable bonds is 6. The molecule has 2 aliphatic heterocycles. The number of likely N-dealkylation sites (tertiary alicyclic amines) is 2. The van der Waals surface area contributed by atoms with Gasteiger partial charge >= 0.3 is 0 Å². The number of nitrogens with zero attached hydrogens (tertiary/aromatic N) is 4. The lowest BCUT2D eigenvalue weighted by Crippen LogP contribution is -2.55. The molecule has 0 radical (unpaired) electrons. The fraction of sp³-hybridized carbons (Fsp3) is 0.542. The zero-order valence-corrected chi connectivity index (χ0v) is 17.4. The van der Waals surface area contributed by atoms with Gasteiger partial charge in [0.1, 0.15) is 12.4 Å². The van der Waals surface area contributed by atoms with Gasteiger partial charge in [-0.25, -0.2) is 9.97 Å². The van der Waals surface area contributed by atoms with Crippen molar-refractivity contribution < 1.29 is 9.53 Å². The smallest absolute Gasteiger partial charge is 0.209 e. The van der Waals surface area contributed by atoms with Crippen LogP contribution in [0.5, 0.6) is 5.75 Å². The van der Waals surface area contributed by atoms with E-state index in [1.54, 1.807) is 12.4 Å². The predicted octanol–water partition coefficient (Wildman–Crippen LogP) is 3.25. The van der Waals surface area contributed by atoms with Gasteiger partial charge in [-0.1, -0.05) is 18.2 Å². The van der Waals surface area contributed by atoms with Gasteiger partial charge in [-0.2, -0.15) is 0 Å². The third-order valence-electron chi connectivity index (χ3n) is 7.28. The monoisotopic (exact) mass is 406 g/mol. The van der Waals surface area contributed by atoms with Crippen molar-refractivity contribution in [3.8, 4) is 5.75 Å². The van der Waals surface area contributed by atoms with E-state index in [9.17, 15) is 4.79 Å². The zero-order chi connectivity index (χ0) is 20.4. The van der Waals surface area contributed by atoms with E-state index in [-0.39, 0.29) is 0 Å². The maximum absolute atomic E-state index is 10.9. The normalized spacial score (nSPS) is 24.0. The second kappa shape index (κ2) is 8.34. The van der Waals surface area contributed by atoms with Gasteiger partial charge in [-0.05, 0) is 68.8 Å². The summed E-state index contributed by atoms with van der Waals surface area (Å²) in [5.74, 6) is 2.21. The molecule has 3 aliphatic rings. The number of ether oxygens (including phenoxy) is 1. The first-order chi connectivity index (χ1) is 14.7. The fourth-order valence-corrected chi connectivity index (χ4v) is 5.74. The Bertz CT molecular complexity index is 861. The molecule has 6 nitrogen and oxygen atoms in total. The Kier molecular flexibility index (Phi) is 5.42. The molecular formula is C24H30N4O2. The molecule has 1 aromatic carbocycles. The molecule has 0 N–H and O–H groups in total. The van der Waals surface area contributed by atoms with Crippen LogP contribution in [0.1, 0.15) is 49.4 Å². The van der Waals surface area contributed by atoms with Crippen LogP contribution in [0.4, 0.5) is 0 Å². The van der Waals surface area contributed by atoms with E-state index in [2.05, 4.69) is 33.1 Å². The minimum Gasteiger partial charge on any atom is -0.485 e. The Balaban J connectivity index is 1.17. The Labute approximate surface area is 178 Å². The molecule has 1 atom stereocenters. The molecule has 3 heterocycles. The highest BCUT2D eigenvalue weighted by Crippen LogP contribution is 2.47. The van der Waals surface area contributed by atoms with E-state index >= 15 is 0 Å². The SMILES string of the molecule is O=CN1CC2(CCC(N3CCC(c4ccccc4OCc4ncccn4)CC3)C2)C1. The van der Waals surface area contributed by atoms with Crippen molar-refractivity contribution in [2.75, 3.05) is 26.2 Å². The number of amides is 1. The maximum atomic E-state index is 10.9.